The minimum atomic E-state index is -0.127. The first-order chi connectivity index (χ1) is 14.7. The highest BCUT2D eigenvalue weighted by Gasteiger charge is 2.11. The molecule has 0 bridgehead atoms. The Hall–Kier alpha value is -3.22. The van der Waals surface area contributed by atoms with Gasteiger partial charge in [0.2, 0.25) is 0 Å². The maximum absolute atomic E-state index is 12.2. The number of fused-ring (bicyclic) bond motifs is 1. The second-order valence-corrected chi connectivity index (χ2v) is 6.97. The van der Waals surface area contributed by atoms with Gasteiger partial charge < -0.3 is 25.4 Å². The SMILES string of the molecule is CCNC(=NCCc1ccc2c(c1)CCO2)NCCNC(=O)c1cccc(OC)c1. The fraction of sp³-hybridized carbons (Fsp3) is 0.391. The number of amides is 1. The first-order valence-corrected chi connectivity index (χ1v) is 10.4. The van der Waals surface area contributed by atoms with Crippen molar-refractivity contribution in [1.82, 2.24) is 16.0 Å². The summed E-state index contributed by atoms with van der Waals surface area (Å²) < 4.78 is 10.7. The molecule has 0 aromatic heterocycles. The third-order valence-electron chi connectivity index (χ3n) is 4.80. The second kappa shape index (κ2) is 11.1. The molecule has 0 radical (unpaired) electrons. The Labute approximate surface area is 177 Å². The molecular formula is C23H30N4O3. The van der Waals surface area contributed by atoms with E-state index in [1.807, 2.05) is 13.0 Å². The maximum atomic E-state index is 12.2. The molecule has 7 nitrogen and oxygen atoms in total. The Kier molecular flexibility index (Phi) is 7.94. The van der Waals surface area contributed by atoms with Gasteiger partial charge in [0.15, 0.2) is 5.96 Å². The molecule has 160 valence electrons. The summed E-state index contributed by atoms with van der Waals surface area (Å²) in [6.07, 6.45) is 1.86. The van der Waals surface area contributed by atoms with Crippen LogP contribution in [-0.4, -0.2) is 51.8 Å². The third-order valence-corrected chi connectivity index (χ3v) is 4.80. The summed E-state index contributed by atoms with van der Waals surface area (Å²) in [4.78, 5) is 16.9. The lowest BCUT2D eigenvalue weighted by molar-refractivity contribution is 0.0954. The fourth-order valence-corrected chi connectivity index (χ4v) is 3.26. The van der Waals surface area contributed by atoms with Gasteiger partial charge in [-0.05, 0) is 48.7 Å². The highest BCUT2D eigenvalue weighted by molar-refractivity contribution is 5.94. The van der Waals surface area contributed by atoms with Gasteiger partial charge in [0.25, 0.3) is 5.91 Å². The molecule has 1 aliphatic heterocycles. The van der Waals surface area contributed by atoms with E-state index in [-0.39, 0.29) is 5.91 Å². The van der Waals surface area contributed by atoms with Crippen LogP contribution < -0.4 is 25.4 Å². The quantitative estimate of drug-likeness (QED) is 0.335. The zero-order valence-electron chi connectivity index (χ0n) is 17.7. The van der Waals surface area contributed by atoms with Crippen LogP contribution in [0.15, 0.2) is 47.5 Å². The average molecular weight is 411 g/mol. The van der Waals surface area contributed by atoms with Gasteiger partial charge in [-0.3, -0.25) is 9.79 Å². The van der Waals surface area contributed by atoms with Crippen molar-refractivity contribution in [1.29, 1.82) is 0 Å². The molecular weight excluding hydrogens is 380 g/mol. The van der Waals surface area contributed by atoms with Gasteiger partial charge in [0.1, 0.15) is 11.5 Å². The normalized spacial score (nSPS) is 12.7. The first kappa shape index (κ1) is 21.5. The summed E-state index contributed by atoms with van der Waals surface area (Å²) in [6.45, 7) is 5.34. The molecule has 0 aliphatic carbocycles. The number of ether oxygens (including phenoxy) is 2. The zero-order valence-corrected chi connectivity index (χ0v) is 17.7. The molecule has 1 amide bonds. The Bertz CT molecular complexity index is 883. The molecule has 0 fully saturated rings. The second-order valence-electron chi connectivity index (χ2n) is 6.97. The summed E-state index contributed by atoms with van der Waals surface area (Å²) in [5.74, 6) is 2.29. The average Bonchev–Trinajstić information content (AvgIpc) is 3.24. The lowest BCUT2D eigenvalue weighted by Gasteiger charge is -2.12. The fourth-order valence-electron chi connectivity index (χ4n) is 3.26. The predicted molar refractivity (Wildman–Crippen MR) is 119 cm³/mol. The van der Waals surface area contributed by atoms with Gasteiger partial charge in [0.05, 0.1) is 13.7 Å². The van der Waals surface area contributed by atoms with Crippen molar-refractivity contribution in [3.05, 3.63) is 59.2 Å². The monoisotopic (exact) mass is 410 g/mol. The molecule has 1 heterocycles. The van der Waals surface area contributed by atoms with E-state index in [1.165, 1.54) is 11.1 Å². The van der Waals surface area contributed by atoms with E-state index in [0.29, 0.717) is 30.9 Å². The number of nitrogens with zero attached hydrogens (tertiary/aromatic N) is 1. The van der Waals surface area contributed by atoms with Crippen molar-refractivity contribution in [3.8, 4) is 11.5 Å². The largest absolute Gasteiger partial charge is 0.497 e. The molecule has 3 rings (SSSR count). The van der Waals surface area contributed by atoms with Gasteiger partial charge in [0, 0.05) is 38.2 Å². The van der Waals surface area contributed by atoms with Crippen LogP contribution in [0.3, 0.4) is 0 Å². The summed E-state index contributed by atoms with van der Waals surface area (Å²) in [6, 6.07) is 13.5. The van der Waals surface area contributed by atoms with E-state index < -0.39 is 0 Å². The van der Waals surface area contributed by atoms with Crippen LogP contribution in [0.5, 0.6) is 11.5 Å². The highest BCUT2D eigenvalue weighted by Crippen LogP contribution is 2.25. The minimum absolute atomic E-state index is 0.127. The molecule has 0 saturated heterocycles. The smallest absolute Gasteiger partial charge is 0.251 e. The molecule has 2 aromatic rings. The number of benzene rings is 2. The molecule has 7 heteroatoms. The maximum Gasteiger partial charge on any atom is 0.251 e. The molecule has 3 N–H and O–H groups in total. The van der Waals surface area contributed by atoms with Gasteiger partial charge >= 0.3 is 0 Å². The molecule has 1 aliphatic rings. The van der Waals surface area contributed by atoms with Gasteiger partial charge in [-0.15, -0.1) is 0 Å². The number of carbonyl (C=O) groups is 1. The molecule has 30 heavy (non-hydrogen) atoms. The zero-order chi connectivity index (χ0) is 21.2. The Balaban J connectivity index is 1.42. The van der Waals surface area contributed by atoms with Crippen molar-refractivity contribution in [2.24, 2.45) is 4.99 Å². The summed E-state index contributed by atoms with van der Waals surface area (Å²) >= 11 is 0. The van der Waals surface area contributed by atoms with Crippen LogP contribution in [0.2, 0.25) is 0 Å². The minimum Gasteiger partial charge on any atom is -0.497 e. The van der Waals surface area contributed by atoms with Crippen LogP contribution in [0.25, 0.3) is 0 Å². The number of methoxy groups -OCH3 is 1. The standard InChI is InChI=1S/C23H30N4O3/c1-3-24-23(26-11-9-17-7-8-21-18(15-17)10-14-30-21)27-13-12-25-22(28)19-5-4-6-20(16-19)29-2/h4-8,15-16H,3,9-14H2,1-2H3,(H,25,28)(H2,24,26,27). The van der Waals surface area contributed by atoms with Crippen molar-refractivity contribution in [2.75, 3.05) is 39.9 Å². The number of rotatable bonds is 9. The molecule has 0 spiro atoms. The lowest BCUT2D eigenvalue weighted by Crippen LogP contribution is -2.41. The van der Waals surface area contributed by atoms with E-state index >= 15 is 0 Å². The van der Waals surface area contributed by atoms with Crippen LogP contribution in [-0.2, 0) is 12.8 Å². The lowest BCUT2D eigenvalue weighted by atomic mass is 10.1. The molecule has 0 atom stereocenters. The number of guanidine groups is 1. The van der Waals surface area contributed by atoms with Crippen LogP contribution in [0.4, 0.5) is 0 Å². The first-order valence-electron chi connectivity index (χ1n) is 10.4. The van der Waals surface area contributed by atoms with E-state index in [0.717, 1.165) is 37.7 Å². The van der Waals surface area contributed by atoms with Crippen LogP contribution in [0, 0.1) is 0 Å². The van der Waals surface area contributed by atoms with E-state index in [2.05, 4.69) is 39.1 Å². The van der Waals surface area contributed by atoms with E-state index in [9.17, 15) is 4.79 Å². The topological polar surface area (TPSA) is 84.0 Å². The van der Waals surface area contributed by atoms with Crippen molar-refractivity contribution >= 4 is 11.9 Å². The number of hydrogen-bond donors (Lipinski definition) is 3. The highest BCUT2D eigenvalue weighted by atomic mass is 16.5. The van der Waals surface area contributed by atoms with Crippen molar-refractivity contribution in [3.63, 3.8) is 0 Å². The summed E-state index contributed by atoms with van der Waals surface area (Å²) in [5.41, 5.74) is 3.13. The molecule has 0 unspecified atom stereocenters. The van der Waals surface area contributed by atoms with Crippen molar-refractivity contribution < 1.29 is 14.3 Å². The number of nitrogens with one attached hydrogen (secondary N) is 3. The molecule has 2 aromatic carbocycles. The van der Waals surface area contributed by atoms with Gasteiger partial charge in [-0.1, -0.05) is 18.2 Å². The third kappa shape index (κ3) is 6.14. The van der Waals surface area contributed by atoms with Gasteiger partial charge in [-0.25, -0.2) is 0 Å². The number of aliphatic imine (C=N–C) groups is 1. The van der Waals surface area contributed by atoms with Crippen LogP contribution >= 0.6 is 0 Å². The number of hydrogen-bond acceptors (Lipinski definition) is 4. The predicted octanol–water partition coefficient (Wildman–Crippen LogP) is 2.16. The summed E-state index contributed by atoms with van der Waals surface area (Å²) in [7, 11) is 1.58. The molecule has 0 saturated carbocycles. The number of carbonyl (C=O) groups excluding carboxylic acids is 1. The van der Waals surface area contributed by atoms with Crippen molar-refractivity contribution in [2.45, 2.75) is 19.8 Å². The van der Waals surface area contributed by atoms with E-state index in [1.54, 1.807) is 25.3 Å². The van der Waals surface area contributed by atoms with Gasteiger partial charge in [-0.2, -0.15) is 0 Å². The Morgan fingerprint density at radius 2 is 2.00 bits per heavy atom. The van der Waals surface area contributed by atoms with Crippen LogP contribution in [0.1, 0.15) is 28.4 Å². The summed E-state index contributed by atoms with van der Waals surface area (Å²) in [5, 5.41) is 9.39. The Morgan fingerprint density at radius 3 is 2.83 bits per heavy atom. The van der Waals surface area contributed by atoms with E-state index in [4.69, 9.17) is 9.47 Å². The Morgan fingerprint density at radius 1 is 1.13 bits per heavy atom.